The second-order valence-electron chi connectivity index (χ2n) is 5.42. The minimum atomic E-state index is -5.26. The summed E-state index contributed by atoms with van der Waals surface area (Å²) in [6.07, 6.45) is -0.951. The molecule has 0 saturated heterocycles. The summed E-state index contributed by atoms with van der Waals surface area (Å²) >= 11 is 0. The maximum atomic E-state index is 14.3. The van der Waals surface area contributed by atoms with Gasteiger partial charge in [-0.25, -0.2) is 4.99 Å². The van der Waals surface area contributed by atoms with Gasteiger partial charge in [-0.2, -0.15) is 18.4 Å². The van der Waals surface area contributed by atoms with Crippen molar-refractivity contribution in [1.29, 1.82) is 5.26 Å². The second kappa shape index (κ2) is 6.91. The molecule has 0 spiro atoms. The summed E-state index contributed by atoms with van der Waals surface area (Å²) in [7, 11) is -4.99. The molecule has 0 aliphatic carbocycles. The topological polar surface area (TPSA) is 101 Å². The van der Waals surface area contributed by atoms with Crippen LogP contribution in [0, 0.1) is 11.3 Å². The number of rotatable bonds is 5. The normalized spacial score (nSPS) is 23.3. The van der Waals surface area contributed by atoms with Crippen LogP contribution in [0.5, 0.6) is 0 Å². The maximum Gasteiger partial charge on any atom is 0.430 e. The van der Waals surface area contributed by atoms with Crippen LogP contribution < -0.4 is 5.73 Å². The average molecular weight is 390 g/mol. The minimum Gasteiger partial charge on any atom is -0.384 e. The summed E-state index contributed by atoms with van der Waals surface area (Å²) in [5, 5.41) is 5.90. The van der Waals surface area contributed by atoms with Crippen LogP contribution in [-0.2, 0) is 13.6 Å². The third-order valence-corrected chi connectivity index (χ3v) is 6.30. The molecule has 26 heavy (non-hydrogen) atoms. The Morgan fingerprint density at radius 3 is 2.42 bits per heavy atom. The van der Waals surface area contributed by atoms with Crippen molar-refractivity contribution in [2.24, 2.45) is 10.7 Å². The van der Waals surface area contributed by atoms with Gasteiger partial charge >= 0.3 is 13.8 Å². The third-order valence-electron chi connectivity index (χ3n) is 3.73. The smallest absolute Gasteiger partial charge is 0.384 e. The van der Waals surface area contributed by atoms with E-state index < -0.39 is 30.4 Å². The number of hydrogen-bond donors (Lipinski definition) is 1. The monoisotopic (exact) mass is 390 g/mol. The van der Waals surface area contributed by atoms with Crippen LogP contribution in [0.3, 0.4) is 0 Å². The molecule has 142 valence electrons. The predicted molar refractivity (Wildman–Crippen MR) is 88.6 cm³/mol. The molecule has 1 unspecified atom stereocenters. The van der Waals surface area contributed by atoms with E-state index in [1.165, 1.54) is 32.2 Å². The number of halogens is 3. The number of amidine groups is 1. The van der Waals surface area contributed by atoms with Gasteiger partial charge in [0.1, 0.15) is 23.3 Å². The molecule has 2 heterocycles. The summed E-state index contributed by atoms with van der Waals surface area (Å²) in [4.78, 5) is 4.81. The SMILES string of the molecule is CCOP(=O)(OCC)C1(C(F)(F)F)N=C2C=C(C)C=CN2C(N)=C1C#N. The number of hydrogen-bond acceptors (Lipinski definition) is 7. The van der Waals surface area contributed by atoms with Gasteiger partial charge in [0, 0.05) is 6.20 Å². The van der Waals surface area contributed by atoms with Crippen molar-refractivity contribution < 1.29 is 26.8 Å². The molecule has 0 aromatic carbocycles. The Hall–Kier alpha value is -2.08. The van der Waals surface area contributed by atoms with Gasteiger partial charge in [-0.3, -0.25) is 9.46 Å². The zero-order chi connectivity index (χ0) is 19.8. The Kier molecular flexibility index (Phi) is 5.38. The Morgan fingerprint density at radius 1 is 1.38 bits per heavy atom. The Bertz CT molecular complexity index is 800. The fraction of sp³-hybridized carbons (Fsp3) is 0.467. The van der Waals surface area contributed by atoms with Crippen LogP contribution in [0.25, 0.3) is 0 Å². The highest BCUT2D eigenvalue weighted by Crippen LogP contribution is 2.70. The van der Waals surface area contributed by atoms with Crippen molar-refractivity contribution in [1.82, 2.24) is 4.90 Å². The number of nitrogens with zero attached hydrogens (tertiary/aromatic N) is 3. The van der Waals surface area contributed by atoms with Gasteiger partial charge in [0.05, 0.1) is 13.2 Å². The van der Waals surface area contributed by atoms with Gasteiger partial charge in [0.2, 0.25) is 0 Å². The Labute approximate surface area is 148 Å². The number of nitriles is 1. The highest BCUT2D eigenvalue weighted by molar-refractivity contribution is 7.56. The Balaban J connectivity index is 2.91. The van der Waals surface area contributed by atoms with Crippen LogP contribution in [0.2, 0.25) is 0 Å². The average Bonchev–Trinajstić information content (AvgIpc) is 2.53. The van der Waals surface area contributed by atoms with Crippen LogP contribution >= 0.6 is 7.60 Å². The quantitative estimate of drug-likeness (QED) is 0.722. The fourth-order valence-corrected chi connectivity index (χ4v) is 4.76. The first-order valence-corrected chi connectivity index (χ1v) is 9.24. The number of aliphatic imine (C=N–C) groups is 1. The molecule has 11 heteroatoms. The Morgan fingerprint density at radius 2 is 1.96 bits per heavy atom. The first-order chi connectivity index (χ1) is 12.1. The van der Waals surface area contributed by atoms with E-state index in [1.807, 2.05) is 0 Å². The molecule has 0 fully saturated rings. The molecule has 0 saturated carbocycles. The van der Waals surface area contributed by atoms with E-state index in [4.69, 9.17) is 14.8 Å². The van der Waals surface area contributed by atoms with Crippen LogP contribution in [0.15, 0.2) is 40.3 Å². The predicted octanol–water partition coefficient (Wildman–Crippen LogP) is 3.39. The van der Waals surface area contributed by atoms with E-state index in [2.05, 4.69) is 4.99 Å². The molecule has 1 atom stereocenters. The first kappa shape index (κ1) is 20.2. The van der Waals surface area contributed by atoms with E-state index in [0.717, 1.165) is 4.90 Å². The standard InChI is InChI=1S/C15H18F3N4O3P/c1-4-24-26(23,25-5-2)14(15(16,17)18)11(9-19)13(20)22-7-6-10(3)8-12(22)21-14/h6-8H,4-5,20H2,1-3H3. The van der Waals surface area contributed by atoms with Crippen molar-refractivity contribution in [2.45, 2.75) is 32.2 Å². The molecule has 2 rings (SSSR count). The maximum absolute atomic E-state index is 14.3. The molecule has 2 N–H and O–H groups in total. The third kappa shape index (κ3) is 2.86. The van der Waals surface area contributed by atoms with E-state index in [-0.39, 0.29) is 19.0 Å². The summed E-state index contributed by atoms with van der Waals surface area (Å²) in [5.41, 5.74) is 5.41. The second-order valence-corrected chi connectivity index (χ2v) is 7.58. The number of alkyl halides is 3. The molecular weight excluding hydrogens is 372 g/mol. The van der Waals surface area contributed by atoms with Crippen LogP contribution in [0.1, 0.15) is 20.8 Å². The summed E-state index contributed by atoms with van der Waals surface area (Å²) in [6, 6.07) is 1.42. The lowest BCUT2D eigenvalue weighted by Gasteiger charge is -2.42. The highest BCUT2D eigenvalue weighted by atomic mass is 31.2. The molecule has 7 nitrogen and oxygen atoms in total. The highest BCUT2D eigenvalue weighted by Gasteiger charge is 2.73. The molecular formula is C15H18F3N4O3P. The van der Waals surface area contributed by atoms with Crippen molar-refractivity contribution in [3.05, 3.63) is 35.3 Å². The summed E-state index contributed by atoms with van der Waals surface area (Å²) in [5.74, 6) is -0.743. The zero-order valence-electron chi connectivity index (χ0n) is 14.4. The van der Waals surface area contributed by atoms with E-state index in [0.29, 0.717) is 5.57 Å². The molecule has 0 amide bonds. The largest absolute Gasteiger partial charge is 0.430 e. The van der Waals surface area contributed by atoms with Gasteiger partial charge in [-0.05, 0) is 38.5 Å². The lowest BCUT2D eigenvalue weighted by molar-refractivity contribution is -0.156. The van der Waals surface area contributed by atoms with Crippen molar-refractivity contribution in [2.75, 3.05) is 13.2 Å². The summed E-state index contributed by atoms with van der Waals surface area (Å²) < 4.78 is 65.9. The number of nitrogens with two attached hydrogens (primary N) is 1. The molecule has 0 radical (unpaired) electrons. The fourth-order valence-electron chi connectivity index (χ4n) is 2.66. The zero-order valence-corrected chi connectivity index (χ0v) is 15.3. The van der Waals surface area contributed by atoms with E-state index in [1.54, 1.807) is 13.0 Å². The van der Waals surface area contributed by atoms with Crippen LogP contribution in [0.4, 0.5) is 13.2 Å². The summed E-state index contributed by atoms with van der Waals surface area (Å²) in [6.45, 7) is 3.71. The number of fused-ring (bicyclic) bond motifs is 1. The molecule has 2 aliphatic heterocycles. The van der Waals surface area contributed by atoms with Gasteiger partial charge in [-0.1, -0.05) is 0 Å². The lowest BCUT2D eigenvalue weighted by Crippen LogP contribution is -2.52. The molecule has 0 aromatic heterocycles. The molecule has 0 aromatic rings. The van der Waals surface area contributed by atoms with Gasteiger partial charge in [0.25, 0.3) is 5.28 Å². The van der Waals surface area contributed by atoms with Gasteiger partial charge in [-0.15, -0.1) is 0 Å². The molecule has 2 aliphatic rings. The van der Waals surface area contributed by atoms with Crippen LogP contribution in [-0.4, -0.2) is 35.4 Å². The van der Waals surface area contributed by atoms with Crippen molar-refractivity contribution in [3.63, 3.8) is 0 Å². The van der Waals surface area contributed by atoms with Crippen molar-refractivity contribution in [3.8, 4) is 6.07 Å². The number of allylic oxidation sites excluding steroid dienone is 2. The van der Waals surface area contributed by atoms with Crippen molar-refractivity contribution >= 4 is 13.4 Å². The first-order valence-electron chi connectivity index (χ1n) is 7.69. The van der Waals surface area contributed by atoms with Gasteiger partial charge in [0.15, 0.2) is 0 Å². The van der Waals surface area contributed by atoms with Gasteiger partial charge < -0.3 is 14.8 Å². The van der Waals surface area contributed by atoms with E-state index in [9.17, 15) is 23.0 Å². The minimum absolute atomic E-state index is 0.210. The van der Waals surface area contributed by atoms with E-state index >= 15 is 0 Å². The lowest BCUT2D eigenvalue weighted by atomic mass is 10.0. The molecule has 0 bridgehead atoms.